The van der Waals surface area contributed by atoms with Crippen molar-refractivity contribution < 1.29 is 31.1 Å². The average molecular weight is 556 g/mol. The predicted octanol–water partition coefficient (Wildman–Crippen LogP) is 5.60. The first-order valence-electron chi connectivity index (χ1n) is 12.3. The van der Waals surface area contributed by atoms with E-state index in [0.717, 1.165) is 10.2 Å². The van der Waals surface area contributed by atoms with Crippen LogP contribution in [0.2, 0.25) is 0 Å². The highest BCUT2D eigenvalue weighted by Gasteiger charge is 2.57. The first kappa shape index (κ1) is 28.4. The molecule has 2 N–H and O–H groups in total. The Bertz CT molecular complexity index is 1340. The normalized spacial score (nSPS) is 18.4. The van der Waals surface area contributed by atoms with E-state index in [1.165, 1.54) is 24.3 Å². The molecule has 0 spiro atoms. The summed E-state index contributed by atoms with van der Waals surface area (Å²) in [6.07, 6.45) is -9.59. The Kier molecular flexibility index (Phi) is 8.19. The second kappa shape index (κ2) is 11.2. The first-order valence-corrected chi connectivity index (χ1v) is 12.3. The predicted molar refractivity (Wildman–Crippen MR) is 132 cm³/mol. The SMILES string of the molecule is Cc1ccc(C2=C(n3nn[nH]c3=O)CN[C@@](c3ccc(OCCCCCC(F)(F)F)cc3)(C(F)(F)F)C2)cc1. The monoisotopic (exact) mass is 555 g/mol. The summed E-state index contributed by atoms with van der Waals surface area (Å²) in [5, 5.41) is 12.0. The number of nitrogens with one attached hydrogen (secondary N) is 2. The Labute approximate surface area is 219 Å². The van der Waals surface area contributed by atoms with Crippen molar-refractivity contribution in [2.45, 2.75) is 56.9 Å². The molecule has 0 saturated carbocycles. The Morgan fingerprint density at radius 3 is 2.26 bits per heavy atom. The molecule has 0 radical (unpaired) electrons. The van der Waals surface area contributed by atoms with Gasteiger partial charge in [0.2, 0.25) is 0 Å². The van der Waals surface area contributed by atoms with E-state index >= 15 is 0 Å². The molecule has 0 aliphatic carbocycles. The first-order chi connectivity index (χ1) is 18.4. The van der Waals surface area contributed by atoms with Crippen LogP contribution in [-0.2, 0) is 5.54 Å². The molecule has 0 bridgehead atoms. The van der Waals surface area contributed by atoms with Crippen molar-refractivity contribution in [1.82, 2.24) is 25.5 Å². The van der Waals surface area contributed by atoms with Crippen molar-refractivity contribution in [2.24, 2.45) is 0 Å². The van der Waals surface area contributed by atoms with Crippen LogP contribution in [0, 0.1) is 6.92 Å². The number of alkyl halides is 6. The van der Waals surface area contributed by atoms with Gasteiger partial charge in [-0.25, -0.2) is 9.89 Å². The topological polar surface area (TPSA) is 84.8 Å². The number of ether oxygens (including phenoxy) is 1. The number of tetrazole rings is 1. The fraction of sp³-hybridized carbons (Fsp3) is 0.423. The van der Waals surface area contributed by atoms with Crippen LogP contribution in [0.25, 0.3) is 11.3 Å². The fourth-order valence-electron chi connectivity index (χ4n) is 4.57. The van der Waals surface area contributed by atoms with E-state index in [2.05, 4.69) is 20.8 Å². The van der Waals surface area contributed by atoms with Crippen LogP contribution in [0.1, 0.15) is 48.8 Å². The Morgan fingerprint density at radius 2 is 1.67 bits per heavy atom. The third-order valence-corrected chi connectivity index (χ3v) is 6.68. The van der Waals surface area contributed by atoms with Gasteiger partial charge in [-0.1, -0.05) is 42.0 Å². The van der Waals surface area contributed by atoms with Crippen LogP contribution in [0.3, 0.4) is 0 Å². The van der Waals surface area contributed by atoms with Gasteiger partial charge in [0, 0.05) is 19.4 Å². The lowest BCUT2D eigenvalue weighted by atomic mass is 9.78. The van der Waals surface area contributed by atoms with E-state index in [1.54, 1.807) is 24.3 Å². The van der Waals surface area contributed by atoms with Gasteiger partial charge in [-0.15, -0.1) is 0 Å². The summed E-state index contributed by atoms with van der Waals surface area (Å²) in [6.45, 7) is 1.69. The Morgan fingerprint density at radius 1 is 0.974 bits per heavy atom. The van der Waals surface area contributed by atoms with E-state index < -0.39 is 36.4 Å². The zero-order chi connectivity index (χ0) is 28.3. The number of aromatic amines is 1. The van der Waals surface area contributed by atoms with Gasteiger partial charge < -0.3 is 4.74 Å². The fourth-order valence-corrected chi connectivity index (χ4v) is 4.57. The molecule has 0 fully saturated rings. The zero-order valence-corrected chi connectivity index (χ0v) is 21.0. The van der Waals surface area contributed by atoms with Gasteiger partial charge in [-0.05, 0) is 65.4 Å². The molecular weight excluding hydrogens is 528 g/mol. The molecule has 2 heterocycles. The summed E-state index contributed by atoms with van der Waals surface area (Å²) in [4.78, 5) is 12.2. The second-order valence-corrected chi connectivity index (χ2v) is 9.44. The maximum Gasteiger partial charge on any atom is 0.411 e. The number of aryl methyl sites for hydroxylation is 1. The number of halogens is 6. The molecule has 1 aromatic heterocycles. The zero-order valence-electron chi connectivity index (χ0n) is 21.0. The smallest absolute Gasteiger partial charge is 0.411 e. The average Bonchev–Trinajstić information content (AvgIpc) is 3.31. The molecule has 0 unspecified atom stereocenters. The minimum Gasteiger partial charge on any atom is -0.494 e. The lowest BCUT2D eigenvalue weighted by Crippen LogP contribution is -2.57. The van der Waals surface area contributed by atoms with Crippen molar-refractivity contribution in [2.75, 3.05) is 13.2 Å². The molecule has 1 atom stereocenters. The number of benzene rings is 2. The molecule has 0 amide bonds. The van der Waals surface area contributed by atoms with Crippen molar-refractivity contribution in [3.8, 4) is 5.75 Å². The van der Waals surface area contributed by atoms with E-state index in [9.17, 15) is 31.1 Å². The summed E-state index contributed by atoms with van der Waals surface area (Å²) in [5.74, 6) is 0.312. The number of aromatic nitrogens is 4. The lowest BCUT2D eigenvalue weighted by Gasteiger charge is -2.42. The number of hydrogen-bond donors (Lipinski definition) is 2. The van der Waals surface area contributed by atoms with Gasteiger partial charge in [0.25, 0.3) is 0 Å². The molecule has 39 heavy (non-hydrogen) atoms. The van der Waals surface area contributed by atoms with Crippen LogP contribution in [0.15, 0.2) is 53.3 Å². The summed E-state index contributed by atoms with van der Waals surface area (Å²) < 4.78 is 87.6. The molecule has 210 valence electrons. The number of H-pyrrole nitrogens is 1. The molecule has 0 saturated heterocycles. The van der Waals surface area contributed by atoms with E-state index in [-0.39, 0.29) is 30.8 Å². The van der Waals surface area contributed by atoms with Crippen LogP contribution in [0.4, 0.5) is 26.3 Å². The molecule has 4 rings (SSSR count). The van der Waals surface area contributed by atoms with Gasteiger partial charge in [0.15, 0.2) is 0 Å². The van der Waals surface area contributed by atoms with Crippen LogP contribution in [-0.4, -0.2) is 45.7 Å². The maximum absolute atomic E-state index is 14.8. The standard InChI is InChI=1S/C26H27F6N5O2/c1-17-5-7-18(8-6-17)21-15-24(26(30,31)32,33-16-22(21)37-23(38)34-35-36-37)19-9-11-20(12-10-19)39-14-4-2-3-13-25(27,28)29/h5-12,33H,2-4,13-16H2,1H3,(H,34,36,38)/t24-/m0/s1. The van der Waals surface area contributed by atoms with Crippen molar-refractivity contribution in [3.63, 3.8) is 0 Å². The minimum absolute atomic E-state index is 0.00907. The Hall–Kier alpha value is -3.61. The molecule has 7 nitrogen and oxygen atoms in total. The van der Waals surface area contributed by atoms with E-state index in [4.69, 9.17) is 4.74 Å². The van der Waals surface area contributed by atoms with Gasteiger partial charge in [0.05, 0.1) is 12.3 Å². The van der Waals surface area contributed by atoms with Crippen molar-refractivity contribution in [3.05, 3.63) is 75.7 Å². The lowest BCUT2D eigenvalue weighted by molar-refractivity contribution is -0.199. The maximum atomic E-state index is 14.8. The number of rotatable bonds is 9. The van der Waals surface area contributed by atoms with Gasteiger partial charge in [-0.2, -0.15) is 31.0 Å². The summed E-state index contributed by atoms with van der Waals surface area (Å²) in [7, 11) is 0. The molecular formula is C26H27F6N5O2. The van der Waals surface area contributed by atoms with E-state index in [0.29, 0.717) is 29.7 Å². The number of hydrogen-bond acceptors (Lipinski definition) is 5. The molecule has 13 heteroatoms. The van der Waals surface area contributed by atoms with Crippen molar-refractivity contribution in [1.29, 1.82) is 0 Å². The molecule has 1 aliphatic rings. The number of nitrogens with zero attached hydrogens (tertiary/aromatic N) is 3. The number of unbranched alkanes of at least 4 members (excludes halogenated alkanes) is 2. The highest BCUT2D eigenvalue weighted by Crippen LogP contribution is 2.48. The van der Waals surface area contributed by atoms with Gasteiger partial charge in [0.1, 0.15) is 11.3 Å². The third-order valence-electron chi connectivity index (χ3n) is 6.68. The molecule has 1 aliphatic heterocycles. The highest BCUT2D eigenvalue weighted by molar-refractivity contribution is 5.85. The van der Waals surface area contributed by atoms with Gasteiger partial charge >= 0.3 is 18.0 Å². The van der Waals surface area contributed by atoms with E-state index in [1.807, 2.05) is 6.92 Å². The minimum atomic E-state index is -4.72. The van der Waals surface area contributed by atoms with Crippen LogP contribution < -0.4 is 15.7 Å². The second-order valence-electron chi connectivity index (χ2n) is 9.44. The quantitative estimate of drug-likeness (QED) is 0.266. The molecule has 2 aromatic carbocycles. The largest absolute Gasteiger partial charge is 0.494 e. The highest BCUT2D eigenvalue weighted by atomic mass is 19.4. The van der Waals surface area contributed by atoms with Crippen LogP contribution >= 0.6 is 0 Å². The van der Waals surface area contributed by atoms with Gasteiger partial charge in [-0.3, -0.25) is 5.32 Å². The third kappa shape index (κ3) is 6.52. The molecule has 3 aromatic rings. The van der Waals surface area contributed by atoms with Crippen LogP contribution in [0.5, 0.6) is 5.75 Å². The summed E-state index contributed by atoms with van der Waals surface area (Å²) >= 11 is 0. The Balaban J connectivity index is 1.59. The summed E-state index contributed by atoms with van der Waals surface area (Å²) in [5.41, 5.74) is -1.21. The summed E-state index contributed by atoms with van der Waals surface area (Å²) in [6, 6.07) is 12.4. The van der Waals surface area contributed by atoms with Crippen molar-refractivity contribution >= 4 is 11.3 Å².